The molecule has 2 aromatic rings. The van der Waals surface area contributed by atoms with Crippen molar-refractivity contribution in [2.75, 3.05) is 20.6 Å². The summed E-state index contributed by atoms with van der Waals surface area (Å²) in [4.78, 5) is 25.6. The average Bonchev–Trinajstić information content (AvgIpc) is 2.63. The maximum atomic E-state index is 12.4. The first-order chi connectivity index (χ1) is 12.5. The number of rotatable bonds is 8. The molecule has 0 aliphatic rings. The maximum absolute atomic E-state index is 12.4. The zero-order valence-corrected chi connectivity index (χ0v) is 16.0. The van der Waals surface area contributed by atoms with E-state index < -0.39 is 0 Å². The number of benzene rings is 2. The number of hydrogen-bond acceptors (Lipinski definition) is 2. The molecule has 0 bridgehead atoms. The van der Waals surface area contributed by atoms with Crippen LogP contribution in [0.2, 0.25) is 5.02 Å². The topological polar surface area (TPSA) is 49.4 Å². The lowest BCUT2D eigenvalue weighted by molar-refractivity contribution is -0.129. The van der Waals surface area contributed by atoms with Crippen LogP contribution in [0, 0.1) is 0 Å². The Morgan fingerprint density at radius 3 is 2.38 bits per heavy atom. The Bertz CT molecular complexity index is 732. The van der Waals surface area contributed by atoms with Gasteiger partial charge in [0.15, 0.2) is 0 Å². The van der Waals surface area contributed by atoms with E-state index in [1.54, 1.807) is 19.0 Å². The van der Waals surface area contributed by atoms with Crippen molar-refractivity contribution in [1.82, 2.24) is 10.2 Å². The summed E-state index contributed by atoms with van der Waals surface area (Å²) in [6.07, 6.45) is 1.41. The molecule has 138 valence electrons. The van der Waals surface area contributed by atoms with E-state index in [0.29, 0.717) is 30.8 Å². The van der Waals surface area contributed by atoms with Crippen LogP contribution in [0.3, 0.4) is 0 Å². The van der Waals surface area contributed by atoms with Crippen molar-refractivity contribution < 1.29 is 9.59 Å². The highest BCUT2D eigenvalue weighted by atomic mass is 35.5. The largest absolute Gasteiger partial charge is 0.356 e. The number of halogens is 1. The van der Waals surface area contributed by atoms with Crippen LogP contribution < -0.4 is 5.32 Å². The maximum Gasteiger partial charge on any atom is 0.222 e. The summed E-state index contributed by atoms with van der Waals surface area (Å²) in [6.45, 7) is 0.496. The number of carbonyl (C=O) groups is 2. The van der Waals surface area contributed by atoms with E-state index in [0.717, 1.165) is 11.1 Å². The molecule has 1 atom stereocenters. The first-order valence-corrected chi connectivity index (χ1v) is 9.12. The van der Waals surface area contributed by atoms with E-state index in [1.165, 1.54) is 0 Å². The van der Waals surface area contributed by atoms with E-state index in [-0.39, 0.29) is 17.7 Å². The Morgan fingerprint density at radius 1 is 1.04 bits per heavy atom. The molecule has 4 nitrogen and oxygen atoms in total. The van der Waals surface area contributed by atoms with Crippen LogP contribution in [0.5, 0.6) is 0 Å². The van der Waals surface area contributed by atoms with Crippen LogP contribution in [0.4, 0.5) is 0 Å². The molecule has 0 saturated heterocycles. The van der Waals surface area contributed by atoms with E-state index in [2.05, 4.69) is 5.32 Å². The lowest BCUT2D eigenvalue weighted by Crippen LogP contribution is -2.28. The van der Waals surface area contributed by atoms with Gasteiger partial charge in [-0.25, -0.2) is 0 Å². The van der Waals surface area contributed by atoms with Crippen LogP contribution >= 0.6 is 11.6 Å². The van der Waals surface area contributed by atoms with Gasteiger partial charge in [-0.2, -0.15) is 0 Å². The molecular formula is C21H25ClN2O2. The fourth-order valence-electron chi connectivity index (χ4n) is 2.79. The van der Waals surface area contributed by atoms with Gasteiger partial charge in [0.1, 0.15) is 0 Å². The minimum atomic E-state index is -0.0571. The van der Waals surface area contributed by atoms with Crippen LogP contribution in [-0.4, -0.2) is 37.4 Å². The molecule has 0 heterocycles. The minimum Gasteiger partial charge on any atom is -0.356 e. The van der Waals surface area contributed by atoms with Gasteiger partial charge in [0.25, 0.3) is 0 Å². The number of carbonyl (C=O) groups excluding carboxylic acids is 2. The van der Waals surface area contributed by atoms with Gasteiger partial charge < -0.3 is 10.2 Å². The lowest BCUT2D eigenvalue weighted by atomic mass is 9.88. The molecule has 5 heteroatoms. The highest BCUT2D eigenvalue weighted by molar-refractivity contribution is 6.30. The normalized spacial score (nSPS) is 11.7. The zero-order chi connectivity index (χ0) is 18.9. The number of nitrogens with zero attached hydrogens (tertiary/aromatic N) is 1. The van der Waals surface area contributed by atoms with Crippen molar-refractivity contribution in [3.63, 3.8) is 0 Å². The predicted molar refractivity (Wildman–Crippen MR) is 105 cm³/mol. The quantitative estimate of drug-likeness (QED) is 0.715. The zero-order valence-electron chi connectivity index (χ0n) is 15.2. The molecule has 2 amide bonds. The number of amides is 2. The molecule has 1 N–H and O–H groups in total. The smallest absolute Gasteiger partial charge is 0.222 e. The Hall–Kier alpha value is -2.33. The third kappa shape index (κ3) is 6.19. The molecule has 0 spiro atoms. The SMILES string of the molecule is CN(C)C(=O)CCCNC(=O)C[C@@H](c1ccccc1)c1cccc(Cl)c1. The average molecular weight is 373 g/mol. The Morgan fingerprint density at radius 2 is 1.73 bits per heavy atom. The molecule has 2 rings (SSSR count). The van der Waals surface area contributed by atoms with Gasteiger partial charge >= 0.3 is 0 Å². The van der Waals surface area contributed by atoms with Crippen molar-refractivity contribution in [1.29, 1.82) is 0 Å². The number of hydrogen-bond donors (Lipinski definition) is 1. The van der Waals surface area contributed by atoms with Gasteiger partial charge in [0.05, 0.1) is 0 Å². The Labute approximate surface area is 160 Å². The summed E-state index contributed by atoms with van der Waals surface area (Å²) in [5.41, 5.74) is 2.09. The fourth-order valence-corrected chi connectivity index (χ4v) is 2.98. The lowest BCUT2D eigenvalue weighted by Gasteiger charge is -2.18. The molecule has 2 aromatic carbocycles. The van der Waals surface area contributed by atoms with E-state index >= 15 is 0 Å². The fraction of sp³-hybridized carbons (Fsp3) is 0.333. The number of nitrogens with one attached hydrogen (secondary N) is 1. The standard InChI is InChI=1S/C21H25ClN2O2/c1-24(2)21(26)12-7-13-23-20(25)15-19(16-8-4-3-5-9-16)17-10-6-11-18(22)14-17/h3-6,8-11,14,19H,7,12-13,15H2,1-2H3,(H,23,25)/t19-/m0/s1. The molecule has 0 saturated carbocycles. The van der Waals surface area contributed by atoms with Crippen molar-refractivity contribution in [2.45, 2.75) is 25.2 Å². The van der Waals surface area contributed by atoms with E-state index in [9.17, 15) is 9.59 Å². The molecular weight excluding hydrogens is 348 g/mol. The van der Waals surface area contributed by atoms with Gasteiger partial charge in [-0.1, -0.05) is 54.1 Å². The molecule has 0 unspecified atom stereocenters. The summed E-state index contributed by atoms with van der Waals surface area (Å²) in [5.74, 6) is -0.0187. The van der Waals surface area contributed by atoms with Gasteiger partial charge in [-0.05, 0) is 29.7 Å². The van der Waals surface area contributed by atoms with Crippen molar-refractivity contribution in [3.8, 4) is 0 Å². The summed E-state index contributed by atoms with van der Waals surface area (Å²) >= 11 is 6.13. The second-order valence-electron chi connectivity index (χ2n) is 6.46. The second kappa shape index (κ2) is 9.97. The van der Waals surface area contributed by atoms with E-state index in [4.69, 9.17) is 11.6 Å². The minimum absolute atomic E-state index is 0.0314. The van der Waals surface area contributed by atoms with Crippen LogP contribution in [0.1, 0.15) is 36.3 Å². The molecule has 0 aromatic heterocycles. The second-order valence-corrected chi connectivity index (χ2v) is 6.90. The molecule has 0 aliphatic heterocycles. The van der Waals surface area contributed by atoms with Gasteiger partial charge in [-0.15, -0.1) is 0 Å². The van der Waals surface area contributed by atoms with Crippen LogP contribution in [0.25, 0.3) is 0 Å². The van der Waals surface area contributed by atoms with Crippen LogP contribution in [-0.2, 0) is 9.59 Å². The summed E-state index contributed by atoms with van der Waals surface area (Å²) < 4.78 is 0. The van der Waals surface area contributed by atoms with Gasteiger partial charge in [-0.3, -0.25) is 9.59 Å². The van der Waals surface area contributed by atoms with Crippen LogP contribution in [0.15, 0.2) is 54.6 Å². The van der Waals surface area contributed by atoms with E-state index in [1.807, 2.05) is 54.6 Å². The van der Waals surface area contributed by atoms with Crippen molar-refractivity contribution >= 4 is 23.4 Å². The first-order valence-electron chi connectivity index (χ1n) is 8.74. The van der Waals surface area contributed by atoms with Crippen molar-refractivity contribution in [2.24, 2.45) is 0 Å². The highest BCUT2D eigenvalue weighted by Crippen LogP contribution is 2.29. The summed E-state index contributed by atoms with van der Waals surface area (Å²) in [5, 5.41) is 3.58. The highest BCUT2D eigenvalue weighted by Gasteiger charge is 2.18. The van der Waals surface area contributed by atoms with Gasteiger partial charge in [0, 0.05) is 44.4 Å². The predicted octanol–water partition coefficient (Wildman–Crippen LogP) is 3.85. The molecule has 0 fully saturated rings. The monoisotopic (exact) mass is 372 g/mol. The first kappa shape index (κ1) is 20.0. The van der Waals surface area contributed by atoms with Crippen molar-refractivity contribution in [3.05, 3.63) is 70.7 Å². The third-order valence-corrected chi connectivity index (χ3v) is 4.47. The Balaban J connectivity index is 1.99. The summed E-state index contributed by atoms with van der Waals surface area (Å²) in [7, 11) is 3.47. The molecule has 0 aliphatic carbocycles. The molecule has 0 radical (unpaired) electrons. The third-order valence-electron chi connectivity index (χ3n) is 4.23. The molecule has 26 heavy (non-hydrogen) atoms. The summed E-state index contributed by atoms with van der Waals surface area (Å²) in [6, 6.07) is 17.6. The van der Waals surface area contributed by atoms with Gasteiger partial charge in [0.2, 0.25) is 11.8 Å². The Kier molecular flexibility index (Phi) is 7.67.